The molecule has 0 saturated carbocycles. The number of non-ortho nitro benzene ring substituents is 1. The number of rotatable bonds is 8. The van der Waals surface area contributed by atoms with Crippen LogP contribution in [-0.4, -0.2) is 30.4 Å². The molecule has 1 N–H and O–H groups in total. The zero-order chi connectivity index (χ0) is 28.2. The lowest BCUT2D eigenvalue weighted by molar-refractivity contribution is -0.384. The summed E-state index contributed by atoms with van der Waals surface area (Å²) in [4.78, 5) is 38.4. The molecule has 2 atom stereocenters. The lowest BCUT2D eigenvalue weighted by Crippen LogP contribution is -2.36. The van der Waals surface area contributed by atoms with E-state index in [1.807, 2.05) is 54.6 Å². The van der Waals surface area contributed by atoms with Crippen LogP contribution >= 0.6 is 0 Å². The van der Waals surface area contributed by atoms with Crippen molar-refractivity contribution in [2.45, 2.75) is 38.0 Å². The van der Waals surface area contributed by atoms with Gasteiger partial charge in [-0.3, -0.25) is 14.9 Å². The molecule has 3 aromatic carbocycles. The molecule has 204 valence electrons. The molecule has 0 aromatic heterocycles. The Hall–Kier alpha value is -4.72. The van der Waals surface area contributed by atoms with Crippen molar-refractivity contribution in [2.75, 3.05) is 13.7 Å². The van der Waals surface area contributed by atoms with E-state index in [0.29, 0.717) is 35.2 Å². The summed E-state index contributed by atoms with van der Waals surface area (Å²) in [6.07, 6.45) is 1.37. The van der Waals surface area contributed by atoms with E-state index in [-0.39, 0.29) is 30.4 Å². The molecular weight excluding hydrogens is 508 g/mol. The fourth-order valence-electron chi connectivity index (χ4n) is 5.56. The summed E-state index contributed by atoms with van der Waals surface area (Å²) in [6, 6.07) is 23.5. The summed E-state index contributed by atoms with van der Waals surface area (Å²) in [5, 5.41) is 14.9. The van der Waals surface area contributed by atoms with Gasteiger partial charge in [0.2, 0.25) is 0 Å². The highest BCUT2D eigenvalue weighted by atomic mass is 16.6. The number of ketones is 1. The minimum atomic E-state index is -0.773. The maximum absolute atomic E-state index is 13.8. The van der Waals surface area contributed by atoms with Crippen molar-refractivity contribution in [2.24, 2.45) is 0 Å². The molecule has 0 radical (unpaired) electrons. The monoisotopic (exact) mass is 538 g/mol. The second-order valence-electron chi connectivity index (χ2n) is 10.0. The van der Waals surface area contributed by atoms with Gasteiger partial charge in [0.15, 0.2) is 5.78 Å². The number of nitro benzene ring substituents is 1. The number of dihydropyridines is 1. The summed E-state index contributed by atoms with van der Waals surface area (Å²) in [5.74, 6) is -0.740. The van der Waals surface area contributed by atoms with Gasteiger partial charge in [0, 0.05) is 47.9 Å². The van der Waals surface area contributed by atoms with Crippen molar-refractivity contribution >= 4 is 17.4 Å². The number of hydrogen-bond donors (Lipinski definition) is 1. The fourth-order valence-corrected chi connectivity index (χ4v) is 5.56. The SMILES string of the molecule is COc1ccc([C@@H]2CC(=O)C3=C(C2)NC(C)=C(C(=O)OCCc2ccccc2)[C@@H]3c2cccc([N+](=O)[O-])c2)cc1. The van der Waals surface area contributed by atoms with Crippen LogP contribution in [0.2, 0.25) is 0 Å². The molecule has 0 amide bonds. The van der Waals surface area contributed by atoms with E-state index in [9.17, 15) is 19.7 Å². The molecule has 2 aliphatic rings. The van der Waals surface area contributed by atoms with Crippen LogP contribution in [0.4, 0.5) is 5.69 Å². The smallest absolute Gasteiger partial charge is 0.336 e. The topological polar surface area (TPSA) is 108 Å². The highest BCUT2D eigenvalue weighted by Gasteiger charge is 2.41. The molecule has 3 aromatic rings. The molecule has 0 bridgehead atoms. The molecule has 0 saturated heterocycles. The number of Topliss-reactive ketones (excluding diaryl/α,β-unsaturated/α-hetero) is 1. The van der Waals surface area contributed by atoms with E-state index in [1.165, 1.54) is 12.1 Å². The number of nitrogens with one attached hydrogen (secondary N) is 1. The predicted octanol–water partition coefficient (Wildman–Crippen LogP) is 5.75. The highest BCUT2D eigenvalue weighted by Crippen LogP contribution is 2.46. The molecule has 0 unspecified atom stereocenters. The maximum atomic E-state index is 13.8. The third-order valence-electron chi connectivity index (χ3n) is 7.52. The van der Waals surface area contributed by atoms with Crippen molar-refractivity contribution in [3.05, 3.63) is 128 Å². The van der Waals surface area contributed by atoms with Gasteiger partial charge in [0.1, 0.15) is 5.75 Å². The van der Waals surface area contributed by atoms with E-state index in [1.54, 1.807) is 26.2 Å². The molecule has 0 fully saturated rings. The van der Waals surface area contributed by atoms with E-state index in [4.69, 9.17) is 9.47 Å². The summed E-state index contributed by atoms with van der Waals surface area (Å²) >= 11 is 0. The Morgan fingerprint density at radius 1 is 1.00 bits per heavy atom. The number of benzene rings is 3. The Morgan fingerprint density at radius 2 is 1.75 bits per heavy atom. The van der Waals surface area contributed by atoms with Crippen molar-refractivity contribution in [3.8, 4) is 5.75 Å². The fraction of sp³-hybridized carbons (Fsp3) is 0.250. The second kappa shape index (κ2) is 11.6. The average molecular weight is 539 g/mol. The minimum Gasteiger partial charge on any atom is -0.497 e. The van der Waals surface area contributed by atoms with E-state index in [2.05, 4.69) is 5.32 Å². The summed E-state index contributed by atoms with van der Waals surface area (Å²) in [5.41, 5.74) is 4.52. The molecular formula is C32H30N2O6. The van der Waals surface area contributed by atoms with E-state index < -0.39 is 16.8 Å². The van der Waals surface area contributed by atoms with Gasteiger partial charge < -0.3 is 14.8 Å². The number of esters is 1. The average Bonchev–Trinajstić information content (AvgIpc) is 2.97. The Kier molecular flexibility index (Phi) is 7.77. The first-order valence-corrected chi connectivity index (χ1v) is 13.2. The van der Waals surface area contributed by atoms with Gasteiger partial charge >= 0.3 is 5.97 Å². The lowest BCUT2D eigenvalue weighted by Gasteiger charge is -2.36. The standard InChI is InChI=1S/C32H30N2O6/c1-20-29(32(36)40-16-15-21-7-4-3-5-8-21)30(23-9-6-10-25(17-23)34(37)38)31-27(33-20)18-24(19-28(31)35)22-11-13-26(39-2)14-12-22/h3-14,17,24,30,33H,15-16,18-19H2,1-2H3/t24-,30-/m0/s1. The number of allylic oxidation sites excluding steroid dienone is 3. The third-order valence-corrected chi connectivity index (χ3v) is 7.52. The van der Waals surface area contributed by atoms with Gasteiger partial charge in [-0.05, 0) is 48.1 Å². The molecule has 1 aliphatic carbocycles. The third kappa shape index (κ3) is 5.52. The number of ether oxygens (including phenoxy) is 2. The summed E-state index contributed by atoms with van der Waals surface area (Å²) in [6.45, 7) is 1.95. The van der Waals surface area contributed by atoms with Crippen molar-refractivity contribution < 1.29 is 24.0 Å². The van der Waals surface area contributed by atoms with Gasteiger partial charge in [0.25, 0.3) is 5.69 Å². The molecule has 0 spiro atoms. The van der Waals surface area contributed by atoms with Crippen LogP contribution in [0.5, 0.6) is 5.75 Å². The number of nitrogens with zero attached hydrogens (tertiary/aromatic N) is 1. The first kappa shape index (κ1) is 26.9. The number of carbonyl (C=O) groups is 2. The van der Waals surface area contributed by atoms with Crippen molar-refractivity contribution in [3.63, 3.8) is 0 Å². The molecule has 5 rings (SSSR count). The zero-order valence-corrected chi connectivity index (χ0v) is 22.4. The molecule has 40 heavy (non-hydrogen) atoms. The highest BCUT2D eigenvalue weighted by molar-refractivity contribution is 6.04. The molecule has 8 nitrogen and oxygen atoms in total. The largest absolute Gasteiger partial charge is 0.497 e. The predicted molar refractivity (Wildman–Crippen MR) is 150 cm³/mol. The van der Waals surface area contributed by atoms with Gasteiger partial charge in [0.05, 0.1) is 24.2 Å². The van der Waals surface area contributed by atoms with E-state index >= 15 is 0 Å². The molecule has 1 heterocycles. The summed E-state index contributed by atoms with van der Waals surface area (Å²) in [7, 11) is 1.61. The van der Waals surface area contributed by atoms with Crippen LogP contribution in [0.3, 0.4) is 0 Å². The first-order valence-electron chi connectivity index (χ1n) is 13.2. The van der Waals surface area contributed by atoms with Gasteiger partial charge in [-0.25, -0.2) is 4.79 Å². The van der Waals surface area contributed by atoms with Crippen LogP contribution in [0.25, 0.3) is 0 Å². The number of nitro groups is 1. The Bertz CT molecular complexity index is 1510. The Morgan fingerprint density at radius 3 is 2.45 bits per heavy atom. The number of carbonyl (C=O) groups excluding carboxylic acids is 2. The van der Waals surface area contributed by atoms with Crippen LogP contribution in [0, 0.1) is 10.1 Å². The van der Waals surface area contributed by atoms with Crippen LogP contribution in [0.1, 0.15) is 48.3 Å². The quantitative estimate of drug-likeness (QED) is 0.221. The zero-order valence-electron chi connectivity index (χ0n) is 22.4. The normalized spacial score (nSPS) is 18.6. The second-order valence-corrected chi connectivity index (χ2v) is 10.0. The van der Waals surface area contributed by atoms with Gasteiger partial charge in [-0.1, -0.05) is 54.6 Å². The van der Waals surface area contributed by atoms with Crippen molar-refractivity contribution in [1.82, 2.24) is 5.32 Å². The minimum absolute atomic E-state index is 0.0532. The lowest BCUT2D eigenvalue weighted by atomic mass is 9.71. The first-order chi connectivity index (χ1) is 19.4. The number of methoxy groups -OCH3 is 1. The van der Waals surface area contributed by atoms with Crippen molar-refractivity contribution in [1.29, 1.82) is 0 Å². The van der Waals surface area contributed by atoms with Gasteiger partial charge in [-0.15, -0.1) is 0 Å². The Labute approximate surface area is 232 Å². The van der Waals surface area contributed by atoms with Crippen LogP contribution in [0.15, 0.2) is 101 Å². The summed E-state index contributed by atoms with van der Waals surface area (Å²) < 4.78 is 11.0. The number of hydrogen-bond acceptors (Lipinski definition) is 7. The Balaban J connectivity index is 1.49. The van der Waals surface area contributed by atoms with Crippen LogP contribution < -0.4 is 10.1 Å². The van der Waals surface area contributed by atoms with Gasteiger partial charge in [-0.2, -0.15) is 0 Å². The molecule has 8 heteroatoms. The molecule has 1 aliphatic heterocycles. The maximum Gasteiger partial charge on any atom is 0.336 e. The van der Waals surface area contributed by atoms with E-state index in [0.717, 1.165) is 22.6 Å². The van der Waals surface area contributed by atoms with Crippen LogP contribution in [-0.2, 0) is 20.7 Å².